The molecule has 1 N–H and O–H groups in total. The number of nitrogens with one attached hydrogen (secondary N) is 1. The molecule has 2 aromatic rings. The molecule has 0 bridgehead atoms. The van der Waals surface area contributed by atoms with E-state index < -0.39 is 0 Å². The van der Waals surface area contributed by atoms with E-state index in [4.69, 9.17) is 9.15 Å². The van der Waals surface area contributed by atoms with Gasteiger partial charge < -0.3 is 13.7 Å². The van der Waals surface area contributed by atoms with Crippen molar-refractivity contribution in [1.29, 1.82) is 0 Å². The molecule has 116 valence electrons. The van der Waals surface area contributed by atoms with E-state index in [0.29, 0.717) is 12.5 Å². The molecule has 5 nitrogen and oxygen atoms in total. The van der Waals surface area contributed by atoms with Gasteiger partial charge >= 0.3 is 0 Å². The Balaban J connectivity index is 1.85. The average molecular weight is 291 g/mol. The summed E-state index contributed by atoms with van der Waals surface area (Å²) in [7, 11) is 1.99. The molecule has 0 saturated carbocycles. The Morgan fingerprint density at radius 3 is 2.86 bits per heavy atom. The molecule has 0 radical (unpaired) electrons. The first-order chi connectivity index (χ1) is 10.2. The average Bonchev–Trinajstić information content (AvgIpc) is 3.10. The molecule has 5 heteroatoms. The first-order valence-electron chi connectivity index (χ1n) is 7.50. The highest BCUT2D eigenvalue weighted by Crippen LogP contribution is 2.20. The molecule has 0 spiro atoms. The smallest absolute Gasteiger partial charge is 0.133 e. The number of furan rings is 1. The zero-order valence-electron chi connectivity index (χ0n) is 13.1. The van der Waals surface area contributed by atoms with E-state index in [1.165, 1.54) is 0 Å². The number of aromatic nitrogens is 2. The second kappa shape index (κ2) is 8.00. The molecule has 0 aromatic carbocycles. The molecule has 0 aliphatic carbocycles. The Labute approximate surface area is 126 Å². The van der Waals surface area contributed by atoms with E-state index >= 15 is 0 Å². The predicted molar refractivity (Wildman–Crippen MR) is 82.0 cm³/mol. The minimum Gasteiger partial charge on any atom is -0.467 e. The van der Waals surface area contributed by atoms with Gasteiger partial charge in [0.2, 0.25) is 0 Å². The van der Waals surface area contributed by atoms with Crippen LogP contribution in [0.25, 0.3) is 0 Å². The Hall–Kier alpha value is -1.59. The van der Waals surface area contributed by atoms with Gasteiger partial charge in [-0.15, -0.1) is 0 Å². The molecule has 2 heterocycles. The topological polar surface area (TPSA) is 52.2 Å². The van der Waals surface area contributed by atoms with E-state index in [9.17, 15) is 0 Å². The van der Waals surface area contributed by atoms with Crippen LogP contribution in [-0.4, -0.2) is 29.3 Å². The maximum absolute atomic E-state index is 5.64. The van der Waals surface area contributed by atoms with Crippen molar-refractivity contribution in [2.45, 2.75) is 26.3 Å². The van der Waals surface area contributed by atoms with Crippen molar-refractivity contribution in [3.8, 4) is 0 Å². The zero-order valence-corrected chi connectivity index (χ0v) is 13.1. The molecular weight excluding hydrogens is 266 g/mol. The van der Waals surface area contributed by atoms with Crippen LogP contribution in [0.4, 0.5) is 0 Å². The van der Waals surface area contributed by atoms with Gasteiger partial charge in [0.15, 0.2) is 0 Å². The van der Waals surface area contributed by atoms with Crippen molar-refractivity contribution < 1.29 is 9.15 Å². The molecular formula is C16H25N3O2. The first kappa shape index (κ1) is 15.8. The number of aryl methyl sites for hydroxylation is 1. The standard InChI is InChI=1S/C16H25N3O2/c1-13(2)6-11-20-12-8-17-15(14-5-4-10-21-14)16-18-7-9-19(16)3/h4-5,7,9-10,13,15,17H,6,8,11-12H2,1-3H3. The summed E-state index contributed by atoms with van der Waals surface area (Å²) >= 11 is 0. The van der Waals surface area contributed by atoms with Gasteiger partial charge in [-0.2, -0.15) is 0 Å². The Kier molecular flexibility index (Phi) is 6.02. The van der Waals surface area contributed by atoms with Crippen molar-refractivity contribution >= 4 is 0 Å². The van der Waals surface area contributed by atoms with Crippen molar-refractivity contribution in [1.82, 2.24) is 14.9 Å². The number of nitrogens with zero attached hydrogens (tertiary/aromatic N) is 2. The molecule has 21 heavy (non-hydrogen) atoms. The van der Waals surface area contributed by atoms with E-state index in [0.717, 1.165) is 31.2 Å². The molecule has 0 fully saturated rings. The second-order valence-electron chi connectivity index (χ2n) is 5.59. The number of ether oxygens (including phenoxy) is 1. The zero-order chi connectivity index (χ0) is 15.1. The molecule has 1 atom stereocenters. The lowest BCUT2D eigenvalue weighted by atomic mass is 10.1. The molecule has 0 aliphatic rings. The summed E-state index contributed by atoms with van der Waals surface area (Å²) in [5, 5.41) is 3.45. The maximum Gasteiger partial charge on any atom is 0.133 e. The summed E-state index contributed by atoms with van der Waals surface area (Å²) in [6.07, 6.45) is 6.52. The summed E-state index contributed by atoms with van der Waals surface area (Å²) in [5.41, 5.74) is 0. The monoisotopic (exact) mass is 291 g/mol. The van der Waals surface area contributed by atoms with Crippen LogP contribution in [0.5, 0.6) is 0 Å². The number of hydrogen-bond acceptors (Lipinski definition) is 4. The summed E-state index contributed by atoms with van der Waals surface area (Å²) in [6, 6.07) is 3.81. The normalized spacial score (nSPS) is 13.0. The molecule has 1 unspecified atom stereocenters. The van der Waals surface area contributed by atoms with Crippen LogP contribution in [-0.2, 0) is 11.8 Å². The second-order valence-corrected chi connectivity index (χ2v) is 5.59. The summed E-state index contributed by atoms with van der Waals surface area (Å²) in [5.74, 6) is 2.49. The SMILES string of the molecule is CC(C)CCOCCNC(c1ccco1)c1nccn1C. The van der Waals surface area contributed by atoms with Crippen LogP contribution < -0.4 is 5.32 Å². The maximum atomic E-state index is 5.64. The van der Waals surface area contributed by atoms with E-state index in [1.54, 1.807) is 12.5 Å². The van der Waals surface area contributed by atoms with Crippen molar-refractivity contribution in [3.63, 3.8) is 0 Å². The molecule has 0 aliphatic heterocycles. The van der Waals surface area contributed by atoms with Crippen LogP contribution in [0.1, 0.15) is 37.9 Å². The highest BCUT2D eigenvalue weighted by atomic mass is 16.5. The molecule has 2 aromatic heterocycles. The van der Waals surface area contributed by atoms with Gasteiger partial charge in [-0.3, -0.25) is 5.32 Å². The fourth-order valence-corrected chi connectivity index (χ4v) is 2.13. The van der Waals surface area contributed by atoms with Gasteiger partial charge in [0.1, 0.15) is 17.6 Å². The first-order valence-corrected chi connectivity index (χ1v) is 7.50. The fraction of sp³-hybridized carbons (Fsp3) is 0.562. The minimum absolute atomic E-state index is 0.0475. The Morgan fingerprint density at radius 2 is 2.24 bits per heavy atom. The lowest BCUT2D eigenvalue weighted by Gasteiger charge is -2.16. The third-order valence-electron chi connectivity index (χ3n) is 3.38. The van der Waals surface area contributed by atoms with Crippen LogP contribution in [0.2, 0.25) is 0 Å². The third-order valence-corrected chi connectivity index (χ3v) is 3.38. The number of imidazole rings is 1. The van der Waals surface area contributed by atoms with Gasteiger partial charge in [-0.05, 0) is 24.5 Å². The summed E-state index contributed by atoms with van der Waals surface area (Å²) < 4.78 is 13.2. The molecule has 0 amide bonds. The third kappa shape index (κ3) is 4.72. The summed E-state index contributed by atoms with van der Waals surface area (Å²) in [6.45, 7) is 6.67. The van der Waals surface area contributed by atoms with Crippen molar-refractivity contribution in [2.24, 2.45) is 13.0 Å². The van der Waals surface area contributed by atoms with E-state index in [1.807, 2.05) is 29.9 Å². The van der Waals surface area contributed by atoms with Gasteiger partial charge in [-0.1, -0.05) is 13.8 Å². The van der Waals surface area contributed by atoms with Crippen LogP contribution in [0.3, 0.4) is 0 Å². The minimum atomic E-state index is -0.0475. The van der Waals surface area contributed by atoms with Gasteiger partial charge in [-0.25, -0.2) is 4.98 Å². The lowest BCUT2D eigenvalue weighted by Crippen LogP contribution is -2.28. The fourth-order valence-electron chi connectivity index (χ4n) is 2.13. The Morgan fingerprint density at radius 1 is 1.38 bits per heavy atom. The van der Waals surface area contributed by atoms with Crippen molar-refractivity contribution in [3.05, 3.63) is 42.4 Å². The van der Waals surface area contributed by atoms with Crippen LogP contribution in [0, 0.1) is 5.92 Å². The van der Waals surface area contributed by atoms with Crippen LogP contribution in [0.15, 0.2) is 35.2 Å². The predicted octanol–water partition coefficient (Wildman–Crippen LogP) is 2.75. The highest BCUT2D eigenvalue weighted by molar-refractivity contribution is 5.15. The van der Waals surface area contributed by atoms with Crippen molar-refractivity contribution in [2.75, 3.05) is 19.8 Å². The molecule has 0 saturated heterocycles. The van der Waals surface area contributed by atoms with Gasteiger partial charge in [0, 0.05) is 32.6 Å². The summed E-state index contributed by atoms with van der Waals surface area (Å²) in [4.78, 5) is 4.41. The number of rotatable bonds is 9. The quantitative estimate of drug-likeness (QED) is 0.722. The van der Waals surface area contributed by atoms with Gasteiger partial charge in [0.25, 0.3) is 0 Å². The number of hydrogen-bond donors (Lipinski definition) is 1. The molecule has 2 rings (SSSR count). The van der Waals surface area contributed by atoms with E-state index in [-0.39, 0.29) is 6.04 Å². The van der Waals surface area contributed by atoms with E-state index in [2.05, 4.69) is 24.1 Å². The lowest BCUT2D eigenvalue weighted by molar-refractivity contribution is 0.123. The highest BCUT2D eigenvalue weighted by Gasteiger charge is 2.19. The van der Waals surface area contributed by atoms with Gasteiger partial charge in [0.05, 0.1) is 12.9 Å². The largest absolute Gasteiger partial charge is 0.467 e. The Bertz CT molecular complexity index is 505. The van der Waals surface area contributed by atoms with Crippen LogP contribution >= 0.6 is 0 Å².